The monoisotopic (exact) mass is 347 g/mol. The van der Waals surface area contributed by atoms with Gasteiger partial charge >= 0.3 is 0 Å². The molecule has 0 saturated carbocycles. The molecule has 112 valence electrons. The van der Waals surface area contributed by atoms with Crippen molar-refractivity contribution >= 4 is 15.9 Å². The molecule has 0 fully saturated rings. The van der Waals surface area contributed by atoms with E-state index < -0.39 is 0 Å². The lowest BCUT2D eigenvalue weighted by Gasteiger charge is -2.12. The molecule has 0 bridgehead atoms. The second-order valence-electron chi connectivity index (χ2n) is 5.13. The highest BCUT2D eigenvalue weighted by Gasteiger charge is 2.05. The summed E-state index contributed by atoms with van der Waals surface area (Å²) in [6.07, 6.45) is 3.60. The number of aryl methyl sites for hydroxylation is 1. The van der Waals surface area contributed by atoms with Crippen LogP contribution in [0.1, 0.15) is 30.9 Å². The van der Waals surface area contributed by atoms with Gasteiger partial charge in [-0.2, -0.15) is 0 Å². The Kier molecular flexibility index (Phi) is 6.27. The van der Waals surface area contributed by atoms with Gasteiger partial charge in [-0.15, -0.1) is 0 Å². The van der Waals surface area contributed by atoms with Gasteiger partial charge in [0.15, 0.2) is 0 Å². The Morgan fingerprint density at radius 1 is 1.10 bits per heavy atom. The number of halogens is 1. The van der Waals surface area contributed by atoms with E-state index in [1.165, 1.54) is 18.4 Å². The molecule has 0 aliphatic rings. The molecule has 0 atom stereocenters. The summed E-state index contributed by atoms with van der Waals surface area (Å²) in [6.45, 7) is 3.01. The van der Waals surface area contributed by atoms with E-state index in [4.69, 9.17) is 4.74 Å². The van der Waals surface area contributed by atoms with Gasteiger partial charge in [-0.1, -0.05) is 47.5 Å². The molecule has 2 nitrogen and oxygen atoms in total. The Hall–Kier alpha value is -1.32. The Morgan fingerprint density at radius 2 is 1.86 bits per heavy atom. The molecule has 2 aromatic carbocycles. The smallest absolute Gasteiger partial charge is 0.133 e. The highest BCUT2D eigenvalue weighted by atomic mass is 79.9. The lowest BCUT2D eigenvalue weighted by atomic mass is 10.1. The molecule has 0 aliphatic carbocycles. The van der Waals surface area contributed by atoms with Gasteiger partial charge in [-0.25, -0.2) is 0 Å². The average Bonchev–Trinajstić information content (AvgIpc) is 2.49. The summed E-state index contributed by atoms with van der Waals surface area (Å²) in [4.78, 5) is 0. The second-order valence-corrected chi connectivity index (χ2v) is 6.05. The Labute approximate surface area is 135 Å². The van der Waals surface area contributed by atoms with E-state index in [1.807, 2.05) is 19.2 Å². The van der Waals surface area contributed by atoms with Crippen LogP contribution in [0.2, 0.25) is 0 Å². The van der Waals surface area contributed by atoms with Crippen LogP contribution in [0.5, 0.6) is 11.5 Å². The van der Waals surface area contributed by atoms with Crippen LogP contribution in [-0.2, 0) is 13.0 Å². The van der Waals surface area contributed by atoms with Crippen LogP contribution in [0.4, 0.5) is 0 Å². The lowest BCUT2D eigenvalue weighted by molar-refractivity contribution is 0.473. The van der Waals surface area contributed by atoms with Gasteiger partial charge in [0.25, 0.3) is 0 Å². The topological polar surface area (TPSA) is 21.3 Å². The fourth-order valence-corrected chi connectivity index (χ4v) is 2.53. The van der Waals surface area contributed by atoms with E-state index in [-0.39, 0.29) is 0 Å². The van der Waals surface area contributed by atoms with Crippen molar-refractivity contribution in [3.05, 3.63) is 58.1 Å². The molecule has 0 radical (unpaired) electrons. The van der Waals surface area contributed by atoms with Crippen molar-refractivity contribution in [2.75, 3.05) is 7.05 Å². The first kappa shape index (κ1) is 16.1. The van der Waals surface area contributed by atoms with E-state index in [1.54, 1.807) is 0 Å². The fourth-order valence-electron chi connectivity index (χ4n) is 2.19. The molecular weight excluding hydrogens is 326 g/mol. The second kappa shape index (κ2) is 8.20. The Morgan fingerprint density at radius 3 is 2.52 bits per heavy atom. The van der Waals surface area contributed by atoms with E-state index in [9.17, 15) is 0 Å². The minimum absolute atomic E-state index is 0.789. The van der Waals surface area contributed by atoms with Gasteiger partial charge in [0.05, 0.1) is 0 Å². The van der Waals surface area contributed by atoms with Crippen LogP contribution >= 0.6 is 15.9 Å². The molecule has 1 N–H and O–H groups in total. The normalized spacial score (nSPS) is 10.6. The van der Waals surface area contributed by atoms with Crippen molar-refractivity contribution < 1.29 is 4.74 Å². The number of nitrogens with one attached hydrogen (secondary N) is 1. The highest BCUT2D eigenvalue weighted by Crippen LogP contribution is 2.29. The van der Waals surface area contributed by atoms with Gasteiger partial charge in [0.2, 0.25) is 0 Å². The summed E-state index contributed by atoms with van der Waals surface area (Å²) in [5.41, 5.74) is 2.52. The number of hydrogen-bond acceptors (Lipinski definition) is 2. The van der Waals surface area contributed by atoms with Crippen LogP contribution < -0.4 is 10.1 Å². The molecule has 3 heteroatoms. The maximum absolute atomic E-state index is 6.03. The maximum atomic E-state index is 6.03. The first-order valence-corrected chi connectivity index (χ1v) is 8.22. The van der Waals surface area contributed by atoms with Crippen LogP contribution in [0.15, 0.2) is 46.9 Å². The van der Waals surface area contributed by atoms with Crippen molar-refractivity contribution in [3.63, 3.8) is 0 Å². The zero-order valence-corrected chi connectivity index (χ0v) is 14.2. The van der Waals surface area contributed by atoms with E-state index in [0.29, 0.717) is 0 Å². The summed E-state index contributed by atoms with van der Waals surface area (Å²) in [5.74, 6) is 1.77. The third kappa shape index (κ3) is 4.87. The summed E-state index contributed by atoms with van der Waals surface area (Å²) >= 11 is 3.50. The number of rotatable bonds is 7. The van der Waals surface area contributed by atoms with Gasteiger partial charge in [0, 0.05) is 16.6 Å². The fraction of sp³-hybridized carbons (Fsp3) is 0.333. The van der Waals surface area contributed by atoms with Crippen molar-refractivity contribution in [1.29, 1.82) is 0 Å². The van der Waals surface area contributed by atoms with E-state index in [2.05, 4.69) is 58.5 Å². The molecule has 0 aliphatic heterocycles. The summed E-state index contributed by atoms with van der Waals surface area (Å²) in [6, 6.07) is 14.5. The van der Waals surface area contributed by atoms with Crippen molar-refractivity contribution in [3.8, 4) is 11.5 Å². The first-order valence-electron chi connectivity index (χ1n) is 7.42. The number of unbranched alkanes of at least 4 members (excludes halogenated alkanes) is 1. The zero-order chi connectivity index (χ0) is 15.1. The van der Waals surface area contributed by atoms with E-state index in [0.717, 1.165) is 34.5 Å². The summed E-state index contributed by atoms with van der Waals surface area (Å²) < 4.78 is 7.06. The van der Waals surface area contributed by atoms with Gasteiger partial charge in [0.1, 0.15) is 11.5 Å². The molecule has 2 rings (SSSR count). The molecule has 21 heavy (non-hydrogen) atoms. The van der Waals surface area contributed by atoms with Crippen molar-refractivity contribution in [2.24, 2.45) is 0 Å². The molecule has 0 saturated heterocycles. The quantitative estimate of drug-likeness (QED) is 0.733. The minimum Gasteiger partial charge on any atom is -0.457 e. The predicted octanol–water partition coefficient (Wildman–Crippen LogP) is 5.30. The van der Waals surface area contributed by atoms with Crippen LogP contribution in [0, 0.1) is 0 Å². The van der Waals surface area contributed by atoms with Gasteiger partial charge in [-0.3, -0.25) is 0 Å². The molecule has 0 unspecified atom stereocenters. The largest absolute Gasteiger partial charge is 0.457 e. The lowest BCUT2D eigenvalue weighted by Crippen LogP contribution is -2.06. The molecule has 0 aromatic heterocycles. The molecule has 2 aromatic rings. The standard InChI is InChI=1S/C18H22BrNO/c1-3-4-5-14-6-10-17(11-7-14)21-18-12-16(19)9-8-15(18)13-20-2/h6-12,20H,3-5,13H2,1-2H3. The van der Waals surface area contributed by atoms with E-state index >= 15 is 0 Å². The Bertz CT molecular complexity index is 566. The van der Waals surface area contributed by atoms with Crippen LogP contribution in [-0.4, -0.2) is 7.05 Å². The first-order chi connectivity index (χ1) is 10.2. The Balaban J connectivity index is 2.12. The van der Waals surface area contributed by atoms with Crippen LogP contribution in [0.3, 0.4) is 0 Å². The summed E-state index contributed by atoms with van der Waals surface area (Å²) in [5, 5.41) is 3.17. The SMILES string of the molecule is CCCCc1ccc(Oc2cc(Br)ccc2CNC)cc1. The molecule has 0 heterocycles. The third-order valence-corrected chi connectivity index (χ3v) is 3.86. The number of hydrogen-bond donors (Lipinski definition) is 1. The minimum atomic E-state index is 0.789. The predicted molar refractivity (Wildman–Crippen MR) is 92.0 cm³/mol. The van der Waals surface area contributed by atoms with Crippen molar-refractivity contribution in [1.82, 2.24) is 5.32 Å². The van der Waals surface area contributed by atoms with Crippen molar-refractivity contribution in [2.45, 2.75) is 32.7 Å². The molecule has 0 spiro atoms. The molecular formula is C18H22BrNO. The third-order valence-electron chi connectivity index (χ3n) is 3.37. The molecule has 0 amide bonds. The number of benzene rings is 2. The van der Waals surface area contributed by atoms with Gasteiger partial charge < -0.3 is 10.1 Å². The highest BCUT2D eigenvalue weighted by molar-refractivity contribution is 9.10. The maximum Gasteiger partial charge on any atom is 0.133 e. The number of ether oxygens (including phenoxy) is 1. The van der Waals surface area contributed by atoms with Crippen LogP contribution in [0.25, 0.3) is 0 Å². The van der Waals surface area contributed by atoms with Gasteiger partial charge in [-0.05, 0) is 49.7 Å². The average molecular weight is 348 g/mol. The summed E-state index contributed by atoms with van der Waals surface area (Å²) in [7, 11) is 1.94. The zero-order valence-electron chi connectivity index (χ0n) is 12.7.